The largest absolute Gasteiger partial charge is 0.350 e. The molecule has 0 spiro atoms. The van der Waals surface area contributed by atoms with E-state index in [0.29, 0.717) is 17.5 Å². The van der Waals surface area contributed by atoms with Crippen molar-refractivity contribution in [3.05, 3.63) is 65.7 Å². The molecule has 4 aromatic rings. The van der Waals surface area contributed by atoms with Crippen LogP contribution in [0.15, 0.2) is 63.6 Å². The van der Waals surface area contributed by atoms with Gasteiger partial charge in [-0.1, -0.05) is 64.9 Å². The van der Waals surface area contributed by atoms with E-state index in [9.17, 15) is 4.79 Å². The van der Waals surface area contributed by atoms with Crippen LogP contribution in [0.5, 0.6) is 0 Å². The zero-order valence-corrected chi connectivity index (χ0v) is 17.4. The van der Waals surface area contributed by atoms with Crippen LogP contribution in [0.1, 0.15) is 18.1 Å². The number of ketones is 1. The highest BCUT2D eigenvalue weighted by atomic mass is 16.5. The normalized spacial score (nSPS) is 14.5. The van der Waals surface area contributed by atoms with Crippen LogP contribution in [0.25, 0.3) is 34.3 Å². The van der Waals surface area contributed by atoms with E-state index in [-0.39, 0.29) is 11.7 Å². The van der Waals surface area contributed by atoms with Crippen LogP contribution in [0.4, 0.5) is 0 Å². The Morgan fingerprint density at radius 2 is 1.74 bits per heavy atom. The highest BCUT2D eigenvalue weighted by molar-refractivity contribution is 5.79. The van der Waals surface area contributed by atoms with E-state index in [1.54, 1.807) is 6.92 Å². The molecule has 0 N–H and O–H groups in total. The van der Waals surface area contributed by atoms with Crippen LogP contribution in [-0.4, -0.2) is 39.1 Å². The van der Waals surface area contributed by atoms with Gasteiger partial charge in [0.1, 0.15) is 11.5 Å². The van der Waals surface area contributed by atoms with Crippen molar-refractivity contribution in [2.24, 2.45) is 5.92 Å². The highest BCUT2D eigenvalue weighted by Crippen LogP contribution is 2.31. The van der Waals surface area contributed by atoms with E-state index < -0.39 is 0 Å². The van der Waals surface area contributed by atoms with E-state index in [2.05, 4.69) is 32.3 Å². The first kappa shape index (κ1) is 19.4. The Balaban J connectivity index is 1.30. The Morgan fingerprint density at radius 3 is 2.45 bits per heavy atom. The average Bonchev–Trinajstić information content (AvgIpc) is 3.38. The third-order valence-electron chi connectivity index (χ3n) is 5.74. The molecule has 0 bridgehead atoms. The molecule has 0 amide bonds. The fourth-order valence-electron chi connectivity index (χ4n) is 3.81. The predicted molar refractivity (Wildman–Crippen MR) is 115 cm³/mol. The molecule has 1 saturated heterocycles. The van der Waals surface area contributed by atoms with E-state index >= 15 is 0 Å². The van der Waals surface area contributed by atoms with E-state index in [0.717, 1.165) is 42.0 Å². The molecule has 1 aliphatic heterocycles. The second-order valence-electron chi connectivity index (χ2n) is 7.97. The van der Waals surface area contributed by atoms with Crippen molar-refractivity contribution < 1.29 is 13.8 Å². The van der Waals surface area contributed by atoms with E-state index in [4.69, 9.17) is 9.05 Å². The van der Waals surface area contributed by atoms with Crippen LogP contribution in [0.3, 0.4) is 0 Å². The van der Waals surface area contributed by atoms with Crippen molar-refractivity contribution in [1.82, 2.24) is 20.2 Å². The molecule has 0 radical (unpaired) electrons. The summed E-state index contributed by atoms with van der Waals surface area (Å²) in [5.41, 5.74) is 4.65. The Bertz CT molecular complexity index is 1210. The molecule has 2 aromatic carbocycles. The van der Waals surface area contributed by atoms with Gasteiger partial charge in [0, 0.05) is 42.2 Å². The molecule has 31 heavy (non-hydrogen) atoms. The summed E-state index contributed by atoms with van der Waals surface area (Å²) in [6, 6.07) is 17.9. The Kier molecular flexibility index (Phi) is 4.95. The van der Waals surface area contributed by atoms with Gasteiger partial charge in [-0.25, -0.2) is 0 Å². The Morgan fingerprint density at radius 1 is 1.00 bits per heavy atom. The molecule has 2 aromatic heterocycles. The summed E-state index contributed by atoms with van der Waals surface area (Å²) in [5.74, 6) is 1.75. The zero-order chi connectivity index (χ0) is 21.4. The molecule has 7 heteroatoms. The predicted octanol–water partition coefficient (Wildman–Crippen LogP) is 4.39. The molecule has 0 aliphatic carbocycles. The maximum atomic E-state index is 11.4. The van der Waals surface area contributed by atoms with Crippen LogP contribution in [0, 0.1) is 12.8 Å². The molecule has 7 nitrogen and oxygen atoms in total. The second kappa shape index (κ2) is 7.92. The average molecular weight is 414 g/mol. The van der Waals surface area contributed by atoms with Crippen LogP contribution in [-0.2, 0) is 11.3 Å². The number of carbonyl (C=O) groups is 1. The van der Waals surface area contributed by atoms with Gasteiger partial charge < -0.3 is 9.05 Å². The summed E-state index contributed by atoms with van der Waals surface area (Å²) in [5, 5.41) is 8.30. The van der Waals surface area contributed by atoms with Gasteiger partial charge in [-0.2, -0.15) is 4.98 Å². The molecule has 156 valence electrons. The van der Waals surface area contributed by atoms with Gasteiger partial charge in [-0.15, -0.1) is 0 Å². The Hall–Kier alpha value is -3.58. The van der Waals surface area contributed by atoms with Crippen molar-refractivity contribution in [3.63, 3.8) is 0 Å². The third-order valence-corrected chi connectivity index (χ3v) is 5.74. The zero-order valence-electron chi connectivity index (χ0n) is 17.4. The number of benzene rings is 2. The second-order valence-corrected chi connectivity index (χ2v) is 7.97. The van der Waals surface area contributed by atoms with Gasteiger partial charge in [0.2, 0.25) is 11.6 Å². The number of hydrogen-bond acceptors (Lipinski definition) is 7. The number of likely N-dealkylation sites (tertiary alicyclic amines) is 1. The van der Waals surface area contributed by atoms with Crippen molar-refractivity contribution in [2.75, 3.05) is 13.1 Å². The highest BCUT2D eigenvalue weighted by Gasteiger charge is 2.29. The minimum absolute atomic E-state index is 0.193. The molecule has 1 aliphatic rings. The van der Waals surface area contributed by atoms with E-state index in [1.165, 1.54) is 5.56 Å². The lowest BCUT2D eigenvalue weighted by molar-refractivity contribution is -0.126. The first-order chi connectivity index (χ1) is 15.1. The molecular formula is C24H22N4O3. The minimum atomic E-state index is 0.193. The molecular weight excluding hydrogens is 392 g/mol. The number of hydrogen-bond donors (Lipinski definition) is 0. The van der Waals surface area contributed by atoms with Crippen molar-refractivity contribution in [1.29, 1.82) is 0 Å². The number of rotatable bonds is 6. The van der Waals surface area contributed by atoms with Gasteiger partial charge in [0.15, 0.2) is 0 Å². The smallest absolute Gasteiger partial charge is 0.297 e. The molecule has 3 heterocycles. The maximum Gasteiger partial charge on any atom is 0.297 e. The minimum Gasteiger partial charge on any atom is -0.350 e. The SMILES string of the molecule is CC(=O)C1CN(Cc2ccc(-c3noc(-c4onc(-c5ccccc5)c4C)n3)cc2)C1. The van der Waals surface area contributed by atoms with Crippen molar-refractivity contribution in [2.45, 2.75) is 20.4 Å². The van der Waals surface area contributed by atoms with Crippen LogP contribution in [0.2, 0.25) is 0 Å². The third kappa shape index (κ3) is 3.80. The van der Waals surface area contributed by atoms with Crippen molar-refractivity contribution >= 4 is 5.78 Å². The fourth-order valence-corrected chi connectivity index (χ4v) is 3.81. The summed E-state index contributed by atoms with van der Waals surface area (Å²) in [7, 11) is 0. The molecule has 0 unspecified atom stereocenters. The lowest BCUT2D eigenvalue weighted by atomic mass is 9.95. The van der Waals surface area contributed by atoms with Crippen LogP contribution < -0.4 is 0 Å². The number of carbonyl (C=O) groups excluding carboxylic acids is 1. The molecule has 1 fully saturated rings. The van der Waals surface area contributed by atoms with Gasteiger partial charge in [-0.05, 0) is 19.4 Å². The fraction of sp³-hybridized carbons (Fsp3) is 0.250. The standard InChI is InChI=1S/C24H22N4O3/c1-15-21(18-6-4-3-5-7-18)26-30-22(15)24-25-23(27-31-24)19-10-8-17(9-11-19)12-28-13-20(14-28)16(2)29/h3-11,20H,12-14H2,1-2H3. The number of aromatic nitrogens is 3. The number of nitrogens with zero attached hydrogens (tertiary/aromatic N) is 4. The lowest BCUT2D eigenvalue weighted by Gasteiger charge is -2.37. The first-order valence-electron chi connectivity index (χ1n) is 10.3. The summed E-state index contributed by atoms with van der Waals surface area (Å²) in [6.07, 6.45) is 0. The Labute approximate surface area is 179 Å². The first-order valence-corrected chi connectivity index (χ1v) is 10.3. The molecule has 0 saturated carbocycles. The van der Waals surface area contributed by atoms with Gasteiger partial charge in [0.05, 0.1) is 0 Å². The quantitative estimate of drug-likeness (QED) is 0.463. The van der Waals surface area contributed by atoms with E-state index in [1.807, 2.05) is 49.4 Å². The van der Waals surface area contributed by atoms with Crippen molar-refractivity contribution in [3.8, 4) is 34.3 Å². The van der Waals surface area contributed by atoms with Gasteiger partial charge in [0.25, 0.3) is 5.89 Å². The van der Waals surface area contributed by atoms with Gasteiger partial charge >= 0.3 is 0 Å². The lowest BCUT2D eigenvalue weighted by Crippen LogP contribution is -2.48. The van der Waals surface area contributed by atoms with Gasteiger partial charge in [-0.3, -0.25) is 9.69 Å². The molecule has 5 rings (SSSR count). The monoisotopic (exact) mass is 414 g/mol. The summed E-state index contributed by atoms with van der Waals surface area (Å²) >= 11 is 0. The number of Topliss-reactive ketones (excluding diaryl/α,β-unsaturated/α-hetero) is 1. The summed E-state index contributed by atoms with van der Waals surface area (Å²) in [6.45, 7) is 6.11. The summed E-state index contributed by atoms with van der Waals surface area (Å²) in [4.78, 5) is 18.1. The maximum absolute atomic E-state index is 11.4. The van der Waals surface area contributed by atoms with Crippen LogP contribution >= 0.6 is 0 Å². The topological polar surface area (TPSA) is 85.3 Å². The molecule has 0 atom stereocenters. The summed E-state index contributed by atoms with van der Waals surface area (Å²) < 4.78 is 11.0.